The molecule has 0 aliphatic carbocycles. The van der Waals surface area contributed by atoms with Gasteiger partial charge in [-0.1, -0.05) is 28.1 Å². The van der Waals surface area contributed by atoms with E-state index in [1.807, 2.05) is 6.07 Å². The molecule has 0 atom stereocenters. The summed E-state index contributed by atoms with van der Waals surface area (Å²) in [6.07, 6.45) is 0. The van der Waals surface area contributed by atoms with Gasteiger partial charge < -0.3 is 4.74 Å². The summed E-state index contributed by atoms with van der Waals surface area (Å²) in [5, 5.41) is 10.9. The Balaban J connectivity index is 2.39. The van der Waals surface area contributed by atoms with Gasteiger partial charge in [-0.15, -0.1) is 11.6 Å². The van der Waals surface area contributed by atoms with Gasteiger partial charge in [-0.3, -0.25) is 10.1 Å². The molecule has 0 aliphatic rings. The number of nitro benzene ring substituents is 1. The molecule has 0 fully saturated rings. The zero-order chi connectivity index (χ0) is 13.8. The standard InChI is InChI=1S/C13H9BrClNO3/c14-10-5-6-12(9(7-10)8-15)19-13-4-2-1-3-11(13)16(17)18/h1-7H,8H2. The molecule has 0 N–H and O–H groups in total. The maximum absolute atomic E-state index is 10.9. The van der Waals surface area contributed by atoms with Crippen LogP contribution < -0.4 is 4.74 Å². The second kappa shape index (κ2) is 6.04. The lowest BCUT2D eigenvalue weighted by Crippen LogP contribution is -1.95. The lowest BCUT2D eigenvalue weighted by molar-refractivity contribution is -0.385. The fraction of sp³-hybridized carbons (Fsp3) is 0.0769. The Labute approximate surface area is 123 Å². The van der Waals surface area contributed by atoms with Crippen molar-refractivity contribution in [3.05, 3.63) is 62.6 Å². The molecule has 0 spiro atoms. The van der Waals surface area contributed by atoms with E-state index < -0.39 is 4.92 Å². The first-order chi connectivity index (χ1) is 9.11. The molecular formula is C13H9BrClNO3. The molecule has 4 nitrogen and oxygen atoms in total. The van der Waals surface area contributed by atoms with Gasteiger partial charge in [0.25, 0.3) is 0 Å². The van der Waals surface area contributed by atoms with Gasteiger partial charge in [-0.25, -0.2) is 0 Å². The van der Waals surface area contributed by atoms with E-state index in [-0.39, 0.29) is 17.3 Å². The summed E-state index contributed by atoms with van der Waals surface area (Å²) in [4.78, 5) is 10.4. The van der Waals surface area contributed by atoms with E-state index in [1.165, 1.54) is 6.07 Å². The van der Waals surface area contributed by atoms with Crippen LogP contribution in [0.15, 0.2) is 46.9 Å². The van der Waals surface area contributed by atoms with Crippen LogP contribution in [0.5, 0.6) is 11.5 Å². The van der Waals surface area contributed by atoms with Gasteiger partial charge in [0, 0.05) is 16.1 Å². The van der Waals surface area contributed by atoms with Gasteiger partial charge >= 0.3 is 5.69 Å². The average molecular weight is 343 g/mol. The fourth-order valence-electron chi connectivity index (χ4n) is 1.56. The Morgan fingerprint density at radius 3 is 2.63 bits per heavy atom. The first kappa shape index (κ1) is 13.8. The molecule has 19 heavy (non-hydrogen) atoms. The molecule has 2 rings (SSSR count). The Morgan fingerprint density at radius 1 is 1.21 bits per heavy atom. The highest BCUT2D eigenvalue weighted by molar-refractivity contribution is 9.10. The second-order valence-corrected chi connectivity index (χ2v) is 4.90. The number of nitrogens with zero attached hydrogens (tertiary/aromatic N) is 1. The van der Waals surface area contributed by atoms with Crippen LogP contribution in [0.2, 0.25) is 0 Å². The summed E-state index contributed by atoms with van der Waals surface area (Å²) in [7, 11) is 0. The minimum absolute atomic E-state index is 0.0778. The van der Waals surface area contributed by atoms with Crippen molar-refractivity contribution >= 4 is 33.2 Å². The topological polar surface area (TPSA) is 52.4 Å². The molecule has 98 valence electrons. The highest BCUT2D eigenvalue weighted by atomic mass is 79.9. The molecule has 2 aromatic carbocycles. The van der Waals surface area contributed by atoms with E-state index >= 15 is 0 Å². The predicted octanol–water partition coefficient (Wildman–Crippen LogP) is 4.89. The van der Waals surface area contributed by atoms with Gasteiger partial charge in [-0.2, -0.15) is 0 Å². The molecule has 0 radical (unpaired) electrons. The summed E-state index contributed by atoms with van der Waals surface area (Å²) in [5.41, 5.74) is 0.681. The minimum atomic E-state index is -0.478. The third-order valence-corrected chi connectivity index (χ3v) is 3.23. The van der Waals surface area contributed by atoms with Crippen LogP contribution in [0.3, 0.4) is 0 Å². The summed E-state index contributed by atoms with van der Waals surface area (Å²) in [5.74, 6) is 0.962. The largest absolute Gasteiger partial charge is 0.450 e. The van der Waals surface area contributed by atoms with E-state index in [9.17, 15) is 10.1 Å². The van der Waals surface area contributed by atoms with Gasteiger partial charge in [0.05, 0.1) is 10.8 Å². The van der Waals surface area contributed by atoms with Crippen molar-refractivity contribution in [2.45, 2.75) is 5.88 Å². The van der Waals surface area contributed by atoms with Crippen molar-refractivity contribution < 1.29 is 9.66 Å². The lowest BCUT2D eigenvalue weighted by Gasteiger charge is -2.10. The summed E-state index contributed by atoms with van der Waals surface area (Å²) >= 11 is 9.18. The van der Waals surface area contributed by atoms with Crippen LogP contribution in [0.4, 0.5) is 5.69 Å². The summed E-state index contributed by atoms with van der Waals surface area (Å²) in [6, 6.07) is 11.6. The Hall–Kier alpha value is -1.59. The quantitative estimate of drug-likeness (QED) is 0.451. The van der Waals surface area contributed by atoms with E-state index in [0.717, 1.165) is 10.0 Å². The smallest absolute Gasteiger partial charge is 0.311 e. The van der Waals surface area contributed by atoms with Gasteiger partial charge in [-0.05, 0) is 24.3 Å². The number of ether oxygens (including phenoxy) is 1. The number of hydrogen-bond acceptors (Lipinski definition) is 3. The van der Waals surface area contributed by atoms with Crippen molar-refractivity contribution in [1.29, 1.82) is 0 Å². The number of rotatable bonds is 4. The number of nitro groups is 1. The molecule has 0 bridgehead atoms. The average Bonchev–Trinajstić information content (AvgIpc) is 2.41. The normalized spacial score (nSPS) is 10.2. The third kappa shape index (κ3) is 3.24. The van der Waals surface area contributed by atoms with Crippen molar-refractivity contribution in [1.82, 2.24) is 0 Å². The molecule has 0 saturated carbocycles. The van der Waals surface area contributed by atoms with Crippen LogP contribution in [-0.2, 0) is 5.88 Å². The van der Waals surface area contributed by atoms with Crippen LogP contribution in [0.1, 0.15) is 5.56 Å². The lowest BCUT2D eigenvalue weighted by atomic mass is 10.2. The second-order valence-electron chi connectivity index (χ2n) is 3.71. The van der Waals surface area contributed by atoms with Gasteiger partial charge in [0.1, 0.15) is 5.75 Å². The highest BCUT2D eigenvalue weighted by Crippen LogP contribution is 2.34. The van der Waals surface area contributed by atoms with E-state index in [0.29, 0.717) is 5.75 Å². The summed E-state index contributed by atoms with van der Waals surface area (Å²) in [6.45, 7) is 0. The van der Waals surface area contributed by atoms with E-state index in [2.05, 4.69) is 15.9 Å². The molecule has 6 heteroatoms. The molecule has 0 amide bonds. The first-order valence-corrected chi connectivity index (χ1v) is 6.70. The van der Waals surface area contributed by atoms with Crippen LogP contribution in [0.25, 0.3) is 0 Å². The number of benzene rings is 2. The Kier molecular flexibility index (Phi) is 4.39. The van der Waals surface area contributed by atoms with E-state index in [1.54, 1.807) is 30.3 Å². The summed E-state index contributed by atoms with van der Waals surface area (Å²) < 4.78 is 6.47. The van der Waals surface area contributed by atoms with Crippen LogP contribution in [0, 0.1) is 10.1 Å². The molecule has 0 heterocycles. The molecule has 0 unspecified atom stereocenters. The zero-order valence-electron chi connectivity index (χ0n) is 9.68. The third-order valence-electron chi connectivity index (χ3n) is 2.45. The van der Waals surface area contributed by atoms with Crippen molar-refractivity contribution in [2.75, 3.05) is 0 Å². The van der Waals surface area contributed by atoms with Crippen molar-refractivity contribution in [2.24, 2.45) is 0 Å². The number of para-hydroxylation sites is 2. The van der Waals surface area contributed by atoms with Crippen molar-refractivity contribution in [3.8, 4) is 11.5 Å². The predicted molar refractivity (Wildman–Crippen MR) is 76.9 cm³/mol. The van der Waals surface area contributed by atoms with Crippen LogP contribution >= 0.6 is 27.5 Å². The number of alkyl halides is 1. The first-order valence-electron chi connectivity index (χ1n) is 5.37. The molecule has 0 aliphatic heterocycles. The highest BCUT2D eigenvalue weighted by Gasteiger charge is 2.15. The monoisotopic (exact) mass is 341 g/mol. The Bertz CT molecular complexity index is 619. The van der Waals surface area contributed by atoms with Crippen LogP contribution in [-0.4, -0.2) is 4.92 Å². The zero-order valence-corrected chi connectivity index (χ0v) is 12.0. The van der Waals surface area contributed by atoms with Gasteiger partial charge in [0.15, 0.2) is 0 Å². The van der Waals surface area contributed by atoms with Crippen molar-refractivity contribution in [3.63, 3.8) is 0 Å². The number of hydrogen-bond donors (Lipinski definition) is 0. The molecule has 2 aromatic rings. The molecular weight excluding hydrogens is 334 g/mol. The number of halogens is 2. The molecule has 0 aromatic heterocycles. The minimum Gasteiger partial charge on any atom is -0.450 e. The maximum Gasteiger partial charge on any atom is 0.311 e. The SMILES string of the molecule is O=[N+]([O-])c1ccccc1Oc1ccc(Br)cc1CCl. The Morgan fingerprint density at radius 2 is 1.95 bits per heavy atom. The maximum atomic E-state index is 10.9. The fourth-order valence-corrected chi connectivity index (χ4v) is 2.18. The van der Waals surface area contributed by atoms with Gasteiger partial charge in [0.2, 0.25) is 5.75 Å². The van der Waals surface area contributed by atoms with E-state index in [4.69, 9.17) is 16.3 Å². The molecule has 0 saturated heterocycles.